The van der Waals surface area contributed by atoms with Gasteiger partial charge in [-0.15, -0.1) is 0 Å². The predicted octanol–water partition coefficient (Wildman–Crippen LogP) is 3.32. The predicted molar refractivity (Wildman–Crippen MR) is 88.4 cm³/mol. The molecule has 0 radical (unpaired) electrons. The van der Waals surface area contributed by atoms with E-state index in [9.17, 15) is 14.7 Å². The van der Waals surface area contributed by atoms with Gasteiger partial charge in [-0.2, -0.15) is 0 Å². The molecule has 0 aliphatic heterocycles. The summed E-state index contributed by atoms with van der Waals surface area (Å²) in [5.41, 5.74) is 1.28. The Morgan fingerprint density at radius 2 is 1.96 bits per heavy atom. The van der Waals surface area contributed by atoms with Gasteiger partial charge in [0.05, 0.1) is 0 Å². The second kappa shape index (κ2) is 6.86. The van der Waals surface area contributed by atoms with E-state index in [-0.39, 0.29) is 5.91 Å². The van der Waals surface area contributed by atoms with E-state index in [1.165, 1.54) is 6.42 Å². The van der Waals surface area contributed by atoms with Crippen molar-refractivity contribution in [2.24, 2.45) is 5.92 Å². The van der Waals surface area contributed by atoms with Crippen molar-refractivity contribution in [3.05, 3.63) is 36.0 Å². The van der Waals surface area contributed by atoms with Gasteiger partial charge in [-0.25, -0.2) is 4.79 Å². The Balaban J connectivity index is 1.68. The maximum atomic E-state index is 12.4. The van der Waals surface area contributed by atoms with E-state index in [1.54, 1.807) is 6.07 Å². The van der Waals surface area contributed by atoms with Gasteiger partial charge < -0.3 is 15.4 Å². The first-order valence-corrected chi connectivity index (χ1v) is 8.25. The zero-order chi connectivity index (χ0) is 16.2. The lowest BCUT2D eigenvalue weighted by molar-refractivity contribution is -0.139. The topological polar surface area (TPSA) is 82.2 Å². The van der Waals surface area contributed by atoms with Crippen molar-refractivity contribution in [1.82, 2.24) is 10.3 Å². The van der Waals surface area contributed by atoms with E-state index >= 15 is 0 Å². The molecule has 0 bridgehead atoms. The summed E-state index contributed by atoms with van der Waals surface area (Å²) in [5, 5.41) is 13.0. The number of H-pyrrole nitrogens is 1. The molecule has 1 fully saturated rings. The number of carbonyl (C=O) groups is 2. The Bertz CT molecular complexity index is 668. The molecule has 23 heavy (non-hydrogen) atoms. The summed E-state index contributed by atoms with van der Waals surface area (Å²) in [6, 6.07) is 8.54. The highest BCUT2D eigenvalue weighted by Gasteiger charge is 2.26. The van der Waals surface area contributed by atoms with Crippen LogP contribution in [0.1, 0.15) is 49.0 Å². The maximum absolute atomic E-state index is 12.4. The average Bonchev–Trinajstić information content (AvgIpc) is 2.99. The van der Waals surface area contributed by atoms with Crippen molar-refractivity contribution < 1.29 is 14.7 Å². The highest BCUT2D eigenvalue weighted by Crippen LogP contribution is 2.27. The van der Waals surface area contributed by atoms with E-state index in [0.717, 1.165) is 36.6 Å². The summed E-state index contributed by atoms with van der Waals surface area (Å²) in [7, 11) is 0. The number of nitrogens with one attached hydrogen (secondary N) is 2. The normalized spacial score (nSPS) is 17.0. The minimum absolute atomic E-state index is 0.357. The fraction of sp³-hybridized carbons (Fsp3) is 0.444. The number of carboxylic acid groups (broad SMARTS) is 1. The molecule has 0 saturated heterocycles. The summed E-state index contributed by atoms with van der Waals surface area (Å²) in [5.74, 6) is -0.919. The van der Waals surface area contributed by atoms with Crippen molar-refractivity contribution in [2.45, 2.75) is 44.6 Å². The van der Waals surface area contributed by atoms with Gasteiger partial charge in [0.1, 0.15) is 11.7 Å². The van der Waals surface area contributed by atoms with Crippen molar-refractivity contribution in [3.63, 3.8) is 0 Å². The summed E-state index contributed by atoms with van der Waals surface area (Å²) in [6.45, 7) is 0. The van der Waals surface area contributed by atoms with Crippen LogP contribution in [0, 0.1) is 5.92 Å². The minimum Gasteiger partial charge on any atom is -0.480 e. The number of hydrogen-bond donors (Lipinski definition) is 3. The van der Waals surface area contributed by atoms with Gasteiger partial charge in [-0.3, -0.25) is 4.79 Å². The van der Waals surface area contributed by atoms with E-state index < -0.39 is 12.0 Å². The van der Waals surface area contributed by atoms with Crippen molar-refractivity contribution in [1.29, 1.82) is 0 Å². The highest BCUT2D eigenvalue weighted by molar-refractivity contribution is 5.99. The molecule has 1 atom stereocenters. The number of para-hydroxylation sites is 1. The first-order valence-electron chi connectivity index (χ1n) is 8.25. The van der Waals surface area contributed by atoms with Crippen molar-refractivity contribution in [3.8, 4) is 0 Å². The van der Waals surface area contributed by atoms with Crippen LogP contribution in [0.15, 0.2) is 30.3 Å². The first kappa shape index (κ1) is 15.6. The molecule has 3 rings (SSSR count). The van der Waals surface area contributed by atoms with Crippen LogP contribution < -0.4 is 5.32 Å². The van der Waals surface area contributed by atoms with Crippen LogP contribution in [0.3, 0.4) is 0 Å². The summed E-state index contributed by atoms with van der Waals surface area (Å²) in [4.78, 5) is 26.9. The van der Waals surface area contributed by atoms with Gasteiger partial charge in [0.25, 0.3) is 5.91 Å². The third kappa shape index (κ3) is 3.73. The molecule has 1 saturated carbocycles. The maximum Gasteiger partial charge on any atom is 0.326 e. The van der Waals surface area contributed by atoms with Gasteiger partial charge >= 0.3 is 5.97 Å². The summed E-state index contributed by atoms with van der Waals surface area (Å²) < 4.78 is 0. The molecule has 1 amide bonds. The highest BCUT2D eigenvalue weighted by atomic mass is 16.4. The summed E-state index contributed by atoms with van der Waals surface area (Å²) in [6.07, 6.45) is 6.19. The van der Waals surface area contributed by atoms with E-state index in [1.807, 2.05) is 24.3 Å². The number of carboxylic acids is 1. The Labute approximate surface area is 135 Å². The molecule has 1 aromatic heterocycles. The van der Waals surface area contributed by atoms with E-state index in [4.69, 9.17) is 0 Å². The molecule has 3 N–H and O–H groups in total. The number of fused-ring (bicyclic) bond motifs is 1. The van der Waals surface area contributed by atoms with E-state index in [0.29, 0.717) is 18.0 Å². The molecular weight excluding hydrogens is 292 g/mol. The quantitative estimate of drug-likeness (QED) is 0.791. The fourth-order valence-electron chi connectivity index (χ4n) is 3.41. The minimum atomic E-state index is -0.958. The molecule has 0 unspecified atom stereocenters. The molecule has 122 valence electrons. The second-order valence-electron chi connectivity index (χ2n) is 6.37. The number of aromatic amines is 1. The number of benzene rings is 1. The van der Waals surface area contributed by atoms with Gasteiger partial charge in [-0.05, 0) is 24.5 Å². The Morgan fingerprint density at radius 1 is 1.22 bits per heavy atom. The third-order valence-corrected chi connectivity index (χ3v) is 4.67. The second-order valence-corrected chi connectivity index (χ2v) is 6.37. The molecular formula is C18H22N2O3. The van der Waals surface area contributed by atoms with Crippen LogP contribution in [-0.4, -0.2) is 28.0 Å². The SMILES string of the molecule is O=C(N[C@@H](CC1CCCCC1)C(=O)O)c1cc2ccccc2[nH]1. The third-order valence-electron chi connectivity index (χ3n) is 4.67. The van der Waals surface area contributed by atoms with Crippen molar-refractivity contribution >= 4 is 22.8 Å². The lowest BCUT2D eigenvalue weighted by atomic mass is 9.85. The average molecular weight is 314 g/mol. The van der Waals surface area contributed by atoms with Crippen LogP contribution in [0.2, 0.25) is 0 Å². The molecule has 1 aliphatic carbocycles. The van der Waals surface area contributed by atoms with Gasteiger partial charge in [0.15, 0.2) is 0 Å². The summed E-state index contributed by atoms with van der Waals surface area (Å²) >= 11 is 0. The molecule has 1 heterocycles. The van der Waals surface area contributed by atoms with E-state index in [2.05, 4.69) is 10.3 Å². The van der Waals surface area contributed by atoms with Gasteiger partial charge in [0.2, 0.25) is 0 Å². The number of amides is 1. The van der Waals surface area contributed by atoms with Crippen molar-refractivity contribution in [2.75, 3.05) is 0 Å². The Morgan fingerprint density at radius 3 is 2.65 bits per heavy atom. The monoisotopic (exact) mass is 314 g/mol. The Hall–Kier alpha value is -2.30. The number of rotatable bonds is 5. The number of carbonyl (C=O) groups excluding carboxylic acids is 1. The lowest BCUT2D eigenvalue weighted by Gasteiger charge is -2.24. The van der Waals surface area contributed by atoms with Crippen LogP contribution in [0.25, 0.3) is 10.9 Å². The van der Waals surface area contributed by atoms with Crippen LogP contribution in [0.4, 0.5) is 0 Å². The van der Waals surface area contributed by atoms with Gasteiger partial charge in [-0.1, -0.05) is 50.3 Å². The fourth-order valence-corrected chi connectivity index (χ4v) is 3.41. The first-order chi connectivity index (χ1) is 11.1. The molecule has 1 aliphatic rings. The smallest absolute Gasteiger partial charge is 0.326 e. The molecule has 5 nitrogen and oxygen atoms in total. The number of aromatic nitrogens is 1. The van der Waals surface area contributed by atoms with Gasteiger partial charge in [0, 0.05) is 10.9 Å². The largest absolute Gasteiger partial charge is 0.480 e. The van der Waals surface area contributed by atoms with Crippen LogP contribution >= 0.6 is 0 Å². The Kier molecular flexibility index (Phi) is 4.65. The number of aliphatic carboxylic acids is 1. The molecule has 0 spiro atoms. The van der Waals surface area contributed by atoms with Crippen LogP contribution in [0.5, 0.6) is 0 Å². The standard InChI is InChI=1S/C18H22N2O3/c21-17(15-11-13-8-4-5-9-14(13)19-15)20-16(18(22)23)10-12-6-2-1-3-7-12/h4-5,8-9,11-12,16,19H,1-3,6-7,10H2,(H,20,21)(H,22,23)/t16-/m0/s1. The zero-order valence-corrected chi connectivity index (χ0v) is 13.0. The zero-order valence-electron chi connectivity index (χ0n) is 13.0. The lowest BCUT2D eigenvalue weighted by Crippen LogP contribution is -2.42. The number of hydrogen-bond acceptors (Lipinski definition) is 2. The van der Waals surface area contributed by atoms with Crippen LogP contribution in [-0.2, 0) is 4.79 Å². The molecule has 5 heteroatoms. The molecule has 2 aromatic rings. The molecule has 1 aromatic carbocycles.